The van der Waals surface area contributed by atoms with Crippen molar-refractivity contribution in [2.24, 2.45) is 0 Å². The Morgan fingerprint density at radius 2 is 2.03 bits per heavy atom. The lowest BCUT2D eigenvalue weighted by atomic mass is 10.1. The Morgan fingerprint density at radius 1 is 1.31 bits per heavy atom. The van der Waals surface area contributed by atoms with Crippen LogP contribution in [0.25, 0.3) is 6.08 Å². The Morgan fingerprint density at radius 3 is 2.69 bits per heavy atom. The number of thiocarbonyl (C=S) groups is 1. The van der Waals surface area contributed by atoms with E-state index < -0.39 is 17.9 Å². The van der Waals surface area contributed by atoms with Gasteiger partial charge in [-0.25, -0.2) is 4.79 Å². The first-order valence-electron chi connectivity index (χ1n) is 9.41. The summed E-state index contributed by atoms with van der Waals surface area (Å²) in [5.41, 5.74) is 1.02. The van der Waals surface area contributed by atoms with Gasteiger partial charge in [0.15, 0.2) is 0 Å². The van der Waals surface area contributed by atoms with E-state index in [2.05, 4.69) is 5.32 Å². The number of hydrogen-bond acceptors (Lipinski definition) is 5. The number of carboxylic acid groups (broad SMARTS) is 1. The zero-order valence-corrected chi connectivity index (χ0v) is 17.8. The van der Waals surface area contributed by atoms with E-state index in [4.69, 9.17) is 12.2 Å². The number of carbonyl (C=O) groups is 3. The monoisotopic (exact) mass is 432 g/mol. The molecule has 0 saturated carbocycles. The number of unbranched alkanes of at least 4 members (excludes halogenated alkanes) is 1. The molecule has 0 radical (unpaired) electrons. The molecule has 1 fully saturated rings. The molecule has 0 spiro atoms. The van der Waals surface area contributed by atoms with Gasteiger partial charge in [-0.15, -0.1) is 0 Å². The summed E-state index contributed by atoms with van der Waals surface area (Å²) in [5, 5.41) is 11.7. The van der Waals surface area contributed by atoms with Crippen LogP contribution in [0.15, 0.2) is 47.4 Å². The van der Waals surface area contributed by atoms with E-state index in [1.807, 2.05) is 43.3 Å². The SMILES string of the molecule is CCCC[C@@H](NC(=O)CCN1C(=O)/C(=C\C=C\c2ccccc2)SC1=S)C(=O)O. The van der Waals surface area contributed by atoms with Gasteiger partial charge in [-0.05, 0) is 18.1 Å². The quantitative estimate of drug-likeness (QED) is 0.434. The molecule has 0 unspecified atom stereocenters. The van der Waals surface area contributed by atoms with Crippen LogP contribution in [0.1, 0.15) is 38.2 Å². The average Bonchev–Trinajstić information content (AvgIpc) is 2.97. The molecule has 8 heteroatoms. The molecule has 154 valence electrons. The maximum Gasteiger partial charge on any atom is 0.326 e. The largest absolute Gasteiger partial charge is 0.480 e. The lowest BCUT2D eigenvalue weighted by molar-refractivity contribution is -0.142. The molecule has 2 N–H and O–H groups in total. The topological polar surface area (TPSA) is 86.7 Å². The highest BCUT2D eigenvalue weighted by Crippen LogP contribution is 2.31. The Bertz CT molecular complexity index is 821. The van der Waals surface area contributed by atoms with Crippen LogP contribution < -0.4 is 5.32 Å². The lowest BCUT2D eigenvalue weighted by Gasteiger charge is -2.17. The van der Waals surface area contributed by atoms with Crippen molar-refractivity contribution in [2.45, 2.75) is 38.6 Å². The smallest absolute Gasteiger partial charge is 0.326 e. The number of rotatable bonds is 10. The molecule has 1 aliphatic heterocycles. The maximum atomic E-state index is 12.5. The highest BCUT2D eigenvalue weighted by atomic mass is 32.2. The highest BCUT2D eigenvalue weighted by Gasteiger charge is 2.32. The standard InChI is InChI=1S/C21H24N2O4S2/c1-2-3-11-16(20(26)27)22-18(24)13-14-23-19(25)17(29-21(23)28)12-7-10-15-8-5-4-6-9-15/h4-10,12,16H,2-3,11,13-14H2,1H3,(H,22,24)(H,26,27)/b10-7+,17-12+/t16-/m1/s1. The van der Waals surface area contributed by atoms with Gasteiger partial charge < -0.3 is 10.4 Å². The summed E-state index contributed by atoms with van der Waals surface area (Å²) in [6.07, 6.45) is 7.33. The molecule has 1 heterocycles. The Kier molecular flexibility index (Phi) is 9.08. The van der Waals surface area contributed by atoms with Gasteiger partial charge in [0, 0.05) is 13.0 Å². The number of thioether (sulfide) groups is 1. The van der Waals surface area contributed by atoms with Crippen LogP contribution in [0.2, 0.25) is 0 Å². The summed E-state index contributed by atoms with van der Waals surface area (Å²) in [5.74, 6) is -1.70. The minimum Gasteiger partial charge on any atom is -0.480 e. The Labute approximate surface area is 180 Å². The van der Waals surface area contributed by atoms with Crippen molar-refractivity contribution in [1.82, 2.24) is 10.2 Å². The van der Waals surface area contributed by atoms with Gasteiger partial charge in [0.25, 0.3) is 5.91 Å². The molecule has 2 amide bonds. The zero-order valence-electron chi connectivity index (χ0n) is 16.2. The van der Waals surface area contributed by atoms with Gasteiger partial charge in [0.05, 0.1) is 4.91 Å². The second-order valence-electron chi connectivity index (χ2n) is 6.48. The van der Waals surface area contributed by atoms with Gasteiger partial charge in [0.1, 0.15) is 10.4 Å². The van der Waals surface area contributed by atoms with Crippen molar-refractivity contribution in [1.29, 1.82) is 0 Å². The Balaban J connectivity index is 1.89. The number of allylic oxidation sites excluding steroid dienone is 2. The summed E-state index contributed by atoms with van der Waals surface area (Å²) < 4.78 is 0.392. The van der Waals surface area contributed by atoms with E-state index >= 15 is 0 Å². The van der Waals surface area contributed by atoms with E-state index in [0.29, 0.717) is 22.1 Å². The highest BCUT2D eigenvalue weighted by molar-refractivity contribution is 8.26. The van der Waals surface area contributed by atoms with Crippen molar-refractivity contribution < 1.29 is 19.5 Å². The van der Waals surface area contributed by atoms with Gasteiger partial charge in [-0.2, -0.15) is 0 Å². The summed E-state index contributed by atoms with van der Waals surface area (Å²) in [7, 11) is 0. The fourth-order valence-corrected chi connectivity index (χ4v) is 3.92. The molecule has 1 saturated heterocycles. The number of benzene rings is 1. The zero-order chi connectivity index (χ0) is 21.2. The predicted molar refractivity (Wildman–Crippen MR) is 119 cm³/mol. The molecular weight excluding hydrogens is 408 g/mol. The summed E-state index contributed by atoms with van der Waals surface area (Å²) in [6, 6.07) is 8.80. The van der Waals surface area contributed by atoms with E-state index in [0.717, 1.165) is 12.0 Å². The van der Waals surface area contributed by atoms with E-state index in [1.165, 1.54) is 16.7 Å². The number of nitrogens with zero attached hydrogens (tertiary/aromatic N) is 1. The Hall–Kier alpha value is -2.45. The third-order valence-electron chi connectivity index (χ3n) is 4.25. The molecule has 1 aromatic rings. The fourth-order valence-electron chi connectivity index (χ4n) is 2.66. The molecule has 2 rings (SSSR count). The van der Waals surface area contributed by atoms with Crippen LogP contribution in [0.3, 0.4) is 0 Å². The number of carbonyl (C=O) groups excluding carboxylic acids is 2. The number of nitrogens with one attached hydrogen (secondary N) is 1. The van der Waals surface area contributed by atoms with E-state index in [9.17, 15) is 19.5 Å². The van der Waals surface area contributed by atoms with Crippen LogP contribution in [-0.4, -0.2) is 44.7 Å². The van der Waals surface area contributed by atoms with E-state index in [-0.39, 0.29) is 18.9 Å². The van der Waals surface area contributed by atoms with Crippen LogP contribution in [0.4, 0.5) is 0 Å². The van der Waals surface area contributed by atoms with Crippen molar-refractivity contribution in [3.63, 3.8) is 0 Å². The van der Waals surface area contributed by atoms with Crippen LogP contribution in [0.5, 0.6) is 0 Å². The third kappa shape index (κ3) is 7.14. The fraction of sp³-hybridized carbons (Fsp3) is 0.333. The third-order valence-corrected chi connectivity index (χ3v) is 5.65. The molecule has 1 atom stereocenters. The van der Waals surface area contributed by atoms with Crippen LogP contribution in [0, 0.1) is 0 Å². The lowest BCUT2D eigenvalue weighted by Crippen LogP contribution is -2.42. The molecule has 0 bridgehead atoms. The van der Waals surface area contributed by atoms with Crippen molar-refractivity contribution in [3.8, 4) is 0 Å². The van der Waals surface area contributed by atoms with E-state index in [1.54, 1.807) is 12.2 Å². The molecule has 0 aliphatic carbocycles. The molecule has 6 nitrogen and oxygen atoms in total. The van der Waals surface area contributed by atoms with Gasteiger partial charge >= 0.3 is 5.97 Å². The minimum atomic E-state index is -1.05. The van der Waals surface area contributed by atoms with Crippen molar-refractivity contribution in [2.75, 3.05) is 6.54 Å². The number of amides is 2. The number of hydrogen-bond donors (Lipinski definition) is 2. The first-order chi connectivity index (χ1) is 13.9. The first-order valence-corrected chi connectivity index (χ1v) is 10.6. The van der Waals surface area contributed by atoms with Crippen molar-refractivity contribution >= 4 is 52.2 Å². The minimum absolute atomic E-state index is 0.00448. The molecule has 0 aromatic heterocycles. The second kappa shape index (κ2) is 11.5. The normalized spacial score (nSPS) is 16.6. The molecular formula is C21H24N2O4S2. The van der Waals surface area contributed by atoms with Crippen molar-refractivity contribution in [3.05, 3.63) is 53.0 Å². The summed E-state index contributed by atoms with van der Waals surface area (Å²) >= 11 is 6.44. The number of aliphatic carboxylic acids is 1. The average molecular weight is 433 g/mol. The van der Waals surface area contributed by atoms with Gasteiger partial charge in [-0.1, -0.05) is 86.2 Å². The molecule has 1 aromatic carbocycles. The summed E-state index contributed by atoms with van der Waals surface area (Å²) in [6.45, 7) is 2.08. The van der Waals surface area contributed by atoms with Gasteiger partial charge in [0.2, 0.25) is 5.91 Å². The predicted octanol–water partition coefficient (Wildman–Crippen LogP) is 3.59. The van der Waals surface area contributed by atoms with Crippen LogP contribution in [-0.2, 0) is 14.4 Å². The second-order valence-corrected chi connectivity index (χ2v) is 8.15. The maximum absolute atomic E-state index is 12.5. The number of carboxylic acids is 1. The van der Waals surface area contributed by atoms with Gasteiger partial charge in [-0.3, -0.25) is 14.5 Å². The summed E-state index contributed by atoms with van der Waals surface area (Å²) in [4.78, 5) is 37.8. The van der Waals surface area contributed by atoms with Crippen LogP contribution >= 0.6 is 24.0 Å². The first kappa shape index (κ1) is 22.8. The molecule has 1 aliphatic rings. The molecule has 29 heavy (non-hydrogen) atoms.